The lowest BCUT2D eigenvalue weighted by Gasteiger charge is -2.14. The average Bonchev–Trinajstić information content (AvgIpc) is 2.32. The molecule has 0 aliphatic heterocycles. The maximum Gasteiger partial charge on any atom is 0.391 e. The molecule has 0 amide bonds. The van der Waals surface area contributed by atoms with Gasteiger partial charge in [0.1, 0.15) is 12.4 Å². The van der Waals surface area contributed by atoms with Crippen LogP contribution in [0.3, 0.4) is 0 Å². The first-order valence-corrected chi connectivity index (χ1v) is 5.86. The van der Waals surface area contributed by atoms with Gasteiger partial charge in [-0.2, -0.15) is 13.2 Å². The second-order valence-electron chi connectivity index (χ2n) is 4.17. The van der Waals surface area contributed by atoms with Crippen molar-refractivity contribution in [1.29, 1.82) is 0 Å². The van der Waals surface area contributed by atoms with Gasteiger partial charge in [-0.05, 0) is 24.1 Å². The number of benzene rings is 1. The van der Waals surface area contributed by atoms with Crippen LogP contribution in [0, 0.1) is 0 Å². The van der Waals surface area contributed by atoms with Crippen molar-refractivity contribution in [3.63, 3.8) is 0 Å². The van der Waals surface area contributed by atoms with Gasteiger partial charge in [-0.25, -0.2) is 0 Å². The van der Waals surface area contributed by atoms with Crippen LogP contribution in [0.15, 0.2) is 24.3 Å². The molecule has 0 saturated carbocycles. The number of ether oxygens (including phenoxy) is 2. The van der Waals surface area contributed by atoms with Crippen molar-refractivity contribution in [2.24, 2.45) is 0 Å². The SMILES string of the molecule is COCCc1cccc(OCC(O)CC(F)(F)F)c1. The number of rotatable bonds is 7. The predicted octanol–water partition coefficient (Wildman–Crippen LogP) is 2.57. The van der Waals surface area contributed by atoms with E-state index in [-0.39, 0.29) is 6.61 Å². The highest BCUT2D eigenvalue weighted by molar-refractivity contribution is 5.28. The monoisotopic (exact) mass is 278 g/mol. The lowest BCUT2D eigenvalue weighted by Crippen LogP contribution is -2.25. The fraction of sp³-hybridized carbons (Fsp3) is 0.538. The van der Waals surface area contributed by atoms with E-state index < -0.39 is 18.7 Å². The first-order chi connectivity index (χ1) is 8.90. The highest BCUT2D eigenvalue weighted by Crippen LogP contribution is 2.22. The zero-order valence-corrected chi connectivity index (χ0v) is 10.6. The van der Waals surface area contributed by atoms with E-state index in [0.717, 1.165) is 5.56 Å². The van der Waals surface area contributed by atoms with Crippen molar-refractivity contribution < 1.29 is 27.8 Å². The third-order valence-electron chi connectivity index (χ3n) is 2.40. The number of aliphatic hydroxyl groups excluding tert-OH is 1. The van der Waals surface area contributed by atoms with Crippen LogP contribution < -0.4 is 4.74 Å². The Morgan fingerprint density at radius 1 is 1.32 bits per heavy atom. The predicted molar refractivity (Wildman–Crippen MR) is 64.2 cm³/mol. The van der Waals surface area contributed by atoms with E-state index in [1.165, 1.54) is 0 Å². The zero-order valence-electron chi connectivity index (χ0n) is 10.6. The van der Waals surface area contributed by atoms with Gasteiger partial charge in [0, 0.05) is 7.11 Å². The maximum absolute atomic E-state index is 12.0. The molecule has 0 fully saturated rings. The van der Waals surface area contributed by atoms with Gasteiger partial charge in [0.25, 0.3) is 0 Å². The summed E-state index contributed by atoms with van der Waals surface area (Å²) in [5.41, 5.74) is 0.963. The lowest BCUT2D eigenvalue weighted by molar-refractivity contribution is -0.156. The molecule has 0 bridgehead atoms. The van der Waals surface area contributed by atoms with E-state index in [9.17, 15) is 18.3 Å². The molecule has 1 aromatic rings. The fourth-order valence-corrected chi connectivity index (χ4v) is 1.53. The lowest BCUT2D eigenvalue weighted by atomic mass is 10.1. The van der Waals surface area contributed by atoms with Gasteiger partial charge in [-0.15, -0.1) is 0 Å². The van der Waals surface area contributed by atoms with Gasteiger partial charge >= 0.3 is 6.18 Å². The molecule has 1 rings (SSSR count). The zero-order chi connectivity index (χ0) is 14.3. The van der Waals surface area contributed by atoms with Crippen molar-refractivity contribution in [1.82, 2.24) is 0 Å². The molecule has 0 heterocycles. The maximum atomic E-state index is 12.0. The van der Waals surface area contributed by atoms with Crippen LogP contribution >= 0.6 is 0 Å². The summed E-state index contributed by atoms with van der Waals surface area (Å²) in [6.07, 6.45) is -6.51. The topological polar surface area (TPSA) is 38.7 Å². The van der Waals surface area contributed by atoms with Crippen molar-refractivity contribution in [2.45, 2.75) is 25.1 Å². The molecule has 0 radical (unpaired) electrons. The van der Waals surface area contributed by atoms with Crippen molar-refractivity contribution >= 4 is 0 Å². The Morgan fingerprint density at radius 3 is 2.68 bits per heavy atom. The molecule has 0 saturated heterocycles. The Labute approximate surface area is 110 Å². The summed E-state index contributed by atoms with van der Waals surface area (Å²) in [7, 11) is 1.59. The molecule has 0 aromatic heterocycles. The summed E-state index contributed by atoms with van der Waals surface area (Å²) in [5.74, 6) is 0.440. The minimum absolute atomic E-state index is 0.382. The second-order valence-corrected chi connectivity index (χ2v) is 4.17. The molecule has 3 nitrogen and oxygen atoms in total. The quantitative estimate of drug-likeness (QED) is 0.833. The van der Waals surface area contributed by atoms with Crippen LogP contribution in [0.4, 0.5) is 13.2 Å². The minimum Gasteiger partial charge on any atom is -0.491 e. The van der Waals surface area contributed by atoms with E-state index in [1.807, 2.05) is 6.07 Å². The van der Waals surface area contributed by atoms with E-state index >= 15 is 0 Å². The Hall–Kier alpha value is -1.27. The summed E-state index contributed by atoms with van der Waals surface area (Å²) in [4.78, 5) is 0. The molecule has 108 valence electrons. The second kappa shape index (κ2) is 7.35. The normalized spacial score (nSPS) is 13.3. The summed E-state index contributed by atoms with van der Waals surface area (Å²) >= 11 is 0. The Morgan fingerprint density at radius 2 is 2.05 bits per heavy atom. The molecule has 0 aliphatic rings. The highest BCUT2D eigenvalue weighted by Gasteiger charge is 2.31. The molecule has 1 unspecified atom stereocenters. The molecule has 0 spiro atoms. The molecule has 19 heavy (non-hydrogen) atoms. The number of aliphatic hydroxyl groups is 1. The third-order valence-corrected chi connectivity index (χ3v) is 2.40. The van der Waals surface area contributed by atoms with E-state index in [4.69, 9.17) is 9.47 Å². The van der Waals surface area contributed by atoms with E-state index in [1.54, 1.807) is 25.3 Å². The van der Waals surface area contributed by atoms with E-state index in [0.29, 0.717) is 18.8 Å². The van der Waals surface area contributed by atoms with E-state index in [2.05, 4.69) is 0 Å². The van der Waals surface area contributed by atoms with Gasteiger partial charge in [0.05, 0.1) is 19.1 Å². The summed E-state index contributed by atoms with van der Waals surface area (Å²) < 4.78 is 46.1. The van der Waals surface area contributed by atoms with Crippen LogP contribution in [0.5, 0.6) is 5.75 Å². The van der Waals surface area contributed by atoms with Crippen molar-refractivity contribution in [2.75, 3.05) is 20.3 Å². The molecule has 0 aliphatic carbocycles. The van der Waals surface area contributed by atoms with Crippen LogP contribution in [0.1, 0.15) is 12.0 Å². The van der Waals surface area contributed by atoms with Gasteiger partial charge in [0.15, 0.2) is 0 Å². The summed E-state index contributed by atoms with van der Waals surface area (Å²) in [6.45, 7) is 0.174. The molecular formula is C13H17F3O3. The first kappa shape index (κ1) is 15.8. The Balaban J connectivity index is 2.44. The van der Waals surface area contributed by atoms with Gasteiger partial charge in [0.2, 0.25) is 0 Å². The highest BCUT2D eigenvalue weighted by atomic mass is 19.4. The molecule has 1 aromatic carbocycles. The number of methoxy groups -OCH3 is 1. The number of alkyl halides is 3. The number of hydrogen-bond acceptors (Lipinski definition) is 3. The summed E-state index contributed by atoms with van der Waals surface area (Å²) in [5, 5.41) is 9.19. The third kappa shape index (κ3) is 7.03. The molecule has 6 heteroatoms. The largest absolute Gasteiger partial charge is 0.491 e. The molecule has 1 N–H and O–H groups in total. The smallest absolute Gasteiger partial charge is 0.391 e. The van der Waals surface area contributed by atoms with Crippen LogP contribution in [0.25, 0.3) is 0 Å². The van der Waals surface area contributed by atoms with Gasteiger partial charge in [-0.1, -0.05) is 12.1 Å². The van der Waals surface area contributed by atoms with Gasteiger partial charge < -0.3 is 14.6 Å². The Bertz CT molecular complexity index is 380. The number of halogens is 3. The van der Waals surface area contributed by atoms with Crippen LogP contribution in [-0.4, -0.2) is 37.7 Å². The van der Waals surface area contributed by atoms with Gasteiger partial charge in [-0.3, -0.25) is 0 Å². The van der Waals surface area contributed by atoms with Crippen molar-refractivity contribution in [3.05, 3.63) is 29.8 Å². The van der Waals surface area contributed by atoms with Crippen LogP contribution in [-0.2, 0) is 11.2 Å². The molecule has 1 atom stereocenters. The minimum atomic E-state index is -4.39. The van der Waals surface area contributed by atoms with Crippen molar-refractivity contribution in [3.8, 4) is 5.75 Å². The van der Waals surface area contributed by atoms with Crippen LogP contribution in [0.2, 0.25) is 0 Å². The number of hydrogen-bond donors (Lipinski definition) is 1. The summed E-state index contributed by atoms with van der Waals surface area (Å²) in [6, 6.07) is 6.98. The average molecular weight is 278 g/mol. The molecular weight excluding hydrogens is 261 g/mol. The standard InChI is InChI=1S/C13H17F3O3/c1-18-6-5-10-3-2-4-12(7-10)19-9-11(17)8-13(14,15)16/h2-4,7,11,17H,5-6,8-9H2,1H3. The first-order valence-electron chi connectivity index (χ1n) is 5.86. The Kier molecular flexibility index (Phi) is 6.11. The fourth-order valence-electron chi connectivity index (χ4n) is 1.53.